The Kier molecular flexibility index (Phi) is 8.32. The summed E-state index contributed by atoms with van der Waals surface area (Å²) in [7, 11) is -3.99. The number of carbonyl (C=O) groups excluding carboxylic acids is 1. The lowest BCUT2D eigenvalue weighted by Gasteiger charge is -2.41. The van der Waals surface area contributed by atoms with Crippen LogP contribution in [0.4, 0.5) is 4.39 Å². The SMILES string of the molecule is C=CCc1ccc(F)cc1[C@]1(S(=O)(=O)c2ccc(Cl)cc2)CCC[C@@H](OCC(=O)OCC)C1. The van der Waals surface area contributed by atoms with Gasteiger partial charge in [-0.3, -0.25) is 0 Å². The number of sulfone groups is 1. The van der Waals surface area contributed by atoms with Crippen LogP contribution in [0.5, 0.6) is 0 Å². The first-order valence-electron chi connectivity index (χ1n) is 10.9. The first kappa shape index (κ1) is 25.4. The Bertz CT molecular complexity index is 1100. The van der Waals surface area contributed by atoms with Gasteiger partial charge in [0.1, 0.15) is 17.2 Å². The van der Waals surface area contributed by atoms with Crippen molar-refractivity contribution >= 4 is 27.4 Å². The number of ether oxygens (including phenoxy) is 2. The molecule has 178 valence electrons. The molecule has 5 nitrogen and oxygen atoms in total. The average Bonchev–Trinajstić information content (AvgIpc) is 2.79. The van der Waals surface area contributed by atoms with E-state index in [0.717, 1.165) is 0 Å². The molecule has 3 rings (SSSR count). The van der Waals surface area contributed by atoms with Gasteiger partial charge in [0, 0.05) is 5.02 Å². The second-order valence-corrected chi connectivity index (χ2v) is 10.8. The van der Waals surface area contributed by atoms with Crippen LogP contribution < -0.4 is 0 Å². The molecular weight excluding hydrogens is 467 g/mol. The summed E-state index contributed by atoms with van der Waals surface area (Å²) < 4.78 is 52.0. The highest BCUT2D eigenvalue weighted by atomic mass is 35.5. The fourth-order valence-electron chi connectivity index (χ4n) is 4.50. The Morgan fingerprint density at radius 2 is 2.00 bits per heavy atom. The highest BCUT2D eigenvalue weighted by Crippen LogP contribution is 2.49. The van der Waals surface area contributed by atoms with Crippen molar-refractivity contribution in [2.45, 2.75) is 54.8 Å². The molecule has 0 aliphatic heterocycles. The van der Waals surface area contributed by atoms with Crippen molar-refractivity contribution in [1.29, 1.82) is 0 Å². The lowest BCUT2D eigenvalue weighted by Crippen LogP contribution is -2.44. The van der Waals surface area contributed by atoms with Gasteiger partial charge in [0.15, 0.2) is 9.84 Å². The number of esters is 1. The summed E-state index contributed by atoms with van der Waals surface area (Å²) in [5.74, 6) is -1.02. The number of carbonyl (C=O) groups is 1. The summed E-state index contributed by atoms with van der Waals surface area (Å²) in [5.41, 5.74) is 1.09. The third-order valence-electron chi connectivity index (χ3n) is 5.97. The molecule has 2 aromatic carbocycles. The second-order valence-electron chi connectivity index (χ2n) is 8.08. The molecule has 0 spiro atoms. The Balaban J connectivity index is 2.11. The molecule has 1 aliphatic carbocycles. The monoisotopic (exact) mass is 494 g/mol. The van der Waals surface area contributed by atoms with E-state index < -0.39 is 32.5 Å². The predicted octanol–water partition coefficient (Wildman–Crippen LogP) is 5.40. The van der Waals surface area contributed by atoms with Gasteiger partial charge in [-0.1, -0.05) is 23.7 Å². The van der Waals surface area contributed by atoms with Crippen molar-refractivity contribution < 1.29 is 27.1 Å². The van der Waals surface area contributed by atoms with Crippen molar-refractivity contribution in [3.63, 3.8) is 0 Å². The quantitative estimate of drug-likeness (QED) is 0.345. The molecule has 1 saturated carbocycles. The second kappa shape index (κ2) is 10.8. The van der Waals surface area contributed by atoms with Gasteiger partial charge in [0.05, 0.1) is 17.6 Å². The van der Waals surface area contributed by atoms with Gasteiger partial charge in [-0.15, -0.1) is 6.58 Å². The lowest BCUT2D eigenvalue weighted by atomic mass is 9.79. The van der Waals surface area contributed by atoms with E-state index in [0.29, 0.717) is 41.8 Å². The molecule has 33 heavy (non-hydrogen) atoms. The molecule has 2 aromatic rings. The van der Waals surface area contributed by atoms with Gasteiger partial charge < -0.3 is 9.47 Å². The molecule has 1 aliphatic rings. The maximum Gasteiger partial charge on any atom is 0.332 e. The van der Waals surface area contributed by atoms with Crippen molar-refractivity contribution in [1.82, 2.24) is 0 Å². The minimum Gasteiger partial charge on any atom is -0.464 e. The van der Waals surface area contributed by atoms with Gasteiger partial charge in [0.25, 0.3) is 0 Å². The van der Waals surface area contributed by atoms with Crippen LogP contribution in [-0.2, 0) is 35.3 Å². The normalized spacial score (nSPS) is 20.9. The molecule has 0 heterocycles. The smallest absolute Gasteiger partial charge is 0.332 e. The van der Waals surface area contributed by atoms with Gasteiger partial charge in [-0.25, -0.2) is 17.6 Å². The van der Waals surface area contributed by atoms with E-state index in [1.165, 1.54) is 36.4 Å². The largest absolute Gasteiger partial charge is 0.464 e. The molecule has 0 saturated heterocycles. The summed E-state index contributed by atoms with van der Waals surface area (Å²) in [6.45, 7) is 5.43. The number of rotatable bonds is 9. The van der Waals surface area contributed by atoms with Crippen LogP contribution in [0.15, 0.2) is 60.0 Å². The first-order valence-corrected chi connectivity index (χ1v) is 12.8. The molecule has 0 unspecified atom stereocenters. The van der Waals surface area contributed by atoms with E-state index in [1.54, 1.807) is 19.1 Å². The van der Waals surface area contributed by atoms with Crippen LogP contribution in [0.3, 0.4) is 0 Å². The zero-order valence-corrected chi connectivity index (χ0v) is 20.1. The number of hydrogen-bond donors (Lipinski definition) is 0. The van der Waals surface area contributed by atoms with E-state index in [2.05, 4.69) is 6.58 Å². The Labute approximate surface area is 199 Å². The standard InChI is InChI=1S/C25H28ClFO5S/c1-3-6-18-8-11-20(27)15-23(18)25(33(29,30)22-12-9-19(26)10-13-22)14-5-7-21(16-25)32-17-24(28)31-4-2/h3,8-13,15,21H,1,4-7,14,16-17H2,2H3/t21-,25+/m1/s1. The van der Waals surface area contributed by atoms with Gasteiger partial charge in [0.2, 0.25) is 0 Å². The van der Waals surface area contributed by atoms with E-state index in [1.807, 2.05) is 0 Å². The topological polar surface area (TPSA) is 69.7 Å². The van der Waals surface area contributed by atoms with Crippen molar-refractivity contribution in [2.24, 2.45) is 0 Å². The van der Waals surface area contributed by atoms with E-state index in [9.17, 15) is 17.6 Å². The van der Waals surface area contributed by atoms with Gasteiger partial charge in [-0.05, 0) is 86.6 Å². The van der Waals surface area contributed by atoms with Gasteiger partial charge in [-0.2, -0.15) is 0 Å². The number of hydrogen-bond acceptors (Lipinski definition) is 5. The molecular formula is C25H28ClFO5S. The lowest BCUT2D eigenvalue weighted by molar-refractivity contribution is -0.151. The number of benzene rings is 2. The third kappa shape index (κ3) is 5.48. The summed E-state index contributed by atoms with van der Waals surface area (Å²) in [6.07, 6.45) is 3.05. The summed E-state index contributed by atoms with van der Waals surface area (Å²) >= 11 is 5.99. The zero-order chi connectivity index (χ0) is 24.1. The van der Waals surface area contributed by atoms with Crippen LogP contribution in [0, 0.1) is 5.82 Å². The minimum absolute atomic E-state index is 0.0883. The molecule has 0 bridgehead atoms. The maximum absolute atomic E-state index is 14.5. The predicted molar refractivity (Wildman–Crippen MR) is 125 cm³/mol. The average molecular weight is 495 g/mol. The molecule has 1 fully saturated rings. The van der Waals surface area contributed by atoms with Crippen LogP contribution >= 0.6 is 11.6 Å². The van der Waals surface area contributed by atoms with Crippen LogP contribution in [0.25, 0.3) is 0 Å². The Morgan fingerprint density at radius 1 is 1.27 bits per heavy atom. The van der Waals surface area contributed by atoms with E-state index in [-0.39, 0.29) is 24.5 Å². The number of halogens is 2. The van der Waals surface area contributed by atoms with Gasteiger partial charge >= 0.3 is 5.97 Å². The minimum atomic E-state index is -3.99. The highest BCUT2D eigenvalue weighted by Gasteiger charge is 2.50. The van der Waals surface area contributed by atoms with E-state index >= 15 is 0 Å². The Morgan fingerprint density at radius 3 is 2.67 bits per heavy atom. The first-order chi connectivity index (χ1) is 15.7. The molecule has 8 heteroatoms. The fraction of sp³-hybridized carbons (Fsp3) is 0.400. The molecule has 0 N–H and O–H groups in total. The van der Waals surface area contributed by atoms with Crippen molar-refractivity contribution in [2.75, 3.05) is 13.2 Å². The van der Waals surface area contributed by atoms with Crippen LogP contribution in [0.1, 0.15) is 43.7 Å². The highest BCUT2D eigenvalue weighted by molar-refractivity contribution is 7.92. The van der Waals surface area contributed by atoms with E-state index in [4.69, 9.17) is 21.1 Å². The third-order valence-corrected chi connectivity index (χ3v) is 8.74. The van der Waals surface area contributed by atoms with Crippen LogP contribution in [-0.4, -0.2) is 33.7 Å². The molecule has 0 amide bonds. The van der Waals surface area contributed by atoms with Crippen molar-refractivity contribution in [3.05, 3.63) is 77.1 Å². The Hall–Kier alpha value is -2.22. The fourth-order valence-corrected chi connectivity index (χ4v) is 6.87. The zero-order valence-electron chi connectivity index (χ0n) is 18.6. The summed E-state index contributed by atoms with van der Waals surface area (Å²) in [5, 5.41) is 0.417. The number of allylic oxidation sites excluding steroid dienone is 1. The molecule has 0 aromatic heterocycles. The molecule has 0 radical (unpaired) electrons. The summed E-state index contributed by atoms with van der Waals surface area (Å²) in [4.78, 5) is 11.9. The molecule has 2 atom stereocenters. The van der Waals surface area contributed by atoms with Crippen LogP contribution in [0.2, 0.25) is 5.02 Å². The summed E-state index contributed by atoms with van der Waals surface area (Å²) in [6, 6.07) is 10.2. The maximum atomic E-state index is 14.5. The van der Waals surface area contributed by atoms with Crippen molar-refractivity contribution in [3.8, 4) is 0 Å².